The number of anilines is 1. The fourth-order valence-electron chi connectivity index (χ4n) is 2.08. The van der Waals surface area contributed by atoms with Crippen LogP contribution in [0.1, 0.15) is 25.3 Å². The van der Waals surface area contributed by atoms with E-state index in [0.717, 1.165) is 25.6 Å². The van der Waals surface area contributed by atoms with Crippen molar-refractivity contribution < 1.29 is 0 Å². The minimum absolute atomic E-state index is 0.668. The quantitative estimate of drug-likeness (QED) is 0.743. The molecule has 0 aliphatic heterocycles. The number of hydrogen-bond donors (Lipinski definition) is 1. The molecule has 1 saturated carbocycles. The first-order valence-electron chi connectivity index (χ1n) is 6.67. The van der Waals surface area contributed by atoms with Crippen LogP contribution in [0.15, 0.2) is 18.5 Å². The van der Waals surface area contributed by atoms with E-state index in [1.807, 2.05) is 12.4 Å². The van der Waals surface area contributed by atoms with Gasteiger partial charge in [0.05, 0.1) is 18.4 Å². The van der Waals surface area contributed by atoms with E-state index in [0.29, 0.717) is 6.54 Å². The van der Waals surface area contributed by atoms with E-state index in [1.165, 1.54) is 24.1 Å². The summed E-state index contributed by atoms with van der Waals surface area (Å²) in [6.07, 6.45) is 11.9. The van der Waals surface area contributed by atoms with Gasteiger partial charge in [-0.05, 0) is 36.9 Å². The lowest BCUT2D eigenvalue weighted by molar-refractivity contribution is 0.712. The van der Waals surface area contributed by atoms with Crippen LogP contribution in [0, 0.1) is 18.3 Å². The van der Waals surface area contributed by atoms with E-state index in [2.05, 4.69) is 34.1 Å². The van der Waals surface area contributed by atoms with E-state index in [1.54, 1.807) is 0 Å². The summed E-state index contributed by atoms with van der Waals surface area (Å²) >= 11 is 0. The minimum Gasteiger partial charge on any atom is -0.359 e. The molecule has 1 aromatic rings. The number of rotatable bonds is 7. The molecule has 2 rings (SSSR count). The number of nitrogens with zero attached hydrogens (tertiary/aromatic N) is 2. The van der Waals surface area contributed by atoms with E-state index in [-0.39, 0.29) is 0 Å². The van der Waals surface area contributed by atoms with Crippen molar-refractivity contribution in [1.82, 2.24) is 10.3 Å². The Morgan fingerprint density at radius 1 is 1.56 bits per heavy atom. The maximum absolute atomic E-state index is 5.49. The lowest BCUT2D eigenvalue weighted by atomic mass is 10.2. The average Bonchev–Trinajstić information content (AvgIpc) is 3.20. The van der Waals surface area contributed by atoms with Gasteiger partial charge in [0.15, 0.2) is 0 Å². The molecule has 0 aromatic carbocycles. The molecule has 0 bridgehead atoms. The summed E-state index contributed by atoms with van der Waals surface area (Å²) in [4.78, 5) is 6.54. The molecule has 1 aromatic heterocycles. The summed E-state index contributed by atoms with van der Waals surface area (Å²) < 4.78 is 0. The molecular formula is C15H21N3. The summed E-state index contributed by atoms with van der Waals surface area (Å²) in [6, 6.07) is 2.08. The van der Waals surface area contributed by atoms with Crippen molar-refractivity contribution in [3.63, 3.8) is 0 Å². The van der Waals surface area contributed by atoms with Crippen molar-refractivity contribution in [3.8, 4) is 12.3 Å². The molecule has 1 fully saturated rings. The van der Waals surface area contributed by atoms with Crippen molar-refractivity contribution >= 4 is 5.69 Å². The topological polar surface area (TPSA) is 28.2 Å². The lowest BCUT2D eigenvalue weighted by Gasteiger charge is -2.24. The summed E-state index contributed by atoms with van der Waals surface area (Å²) in [5, 5.41) is 3.36. The Bertz CT molecular complexity index is 418. The number of terminal acetylenes is 1. The van der Waals surface area contributed by atoms with Gasteiger partial charge in [0.25, 0.3) is 0 Å². The molecule has 1 heterocycles. The highest BCUT2D eigenvalue weighted by atomic mass is 15.1. The monoisotopic (exact) mass is 243 g/mol. The molecule has 0 atom stereocenters. The van der Waals surface area contributed by atoms with Crippen molar-refractivity contribution in [2.75, 3.05) is 24.5 Å². The van der Waals surface area contributed by atoms with Gasteiger partial charge in [-0.2, -0.15) is 0 Å². The third-order valence-corrected chi connectivity index (χ3v) is 3.25. The largest absolute Gasteiger partial charge is 0.359 e. The molecule has 3 nitrogen and oxygen atoms in total. The highest BCUT2D eigenvalue weighted by Gasteiger charge is 2.25. The predicted molar refractivity (Wildman–Crippen MR) is 75.4 cm³/mol. The Morgan fingerprint density at radius 2 is 2.39 bits per heavy atom. The zero-order valence-corrected chi connectivity index (χ0v) is 11.0. The first kappa shape index (κ1) is 12.9. The standard InChI is InChI=1S/C15H21N3/c1-3-9-18(12-13-5-6-13)15-11-17-8-7-14(15)10-16-4-2/h1,7-8,11,13,16H,4-6,9-10,12H2,2H3. The molecule has 3 heteroatoms. The fraction of sp³-hybridized carbons (Fsp3) is 0.533. The molecule has 96 valence electrons. The fourth-order valence-corrected chi connectivity index (χ4v) is 2.08. The minimum atomic E-state index is 0.668. The van der Waals surface area contributed by atoms with E-state index in [9.17, 15) is 0 Å². The molecule has 0 spiro atoms. The second-order valence-electron chi connectivity index (χ2n) is 4.81. The Hall–Kier alpha value is -1.53. The lowest BCUT2D eigenvalue weighted by Crippen LogP contribution is -2.28. The van der Waals surface area contributed by atoms with Gasteiger partial charge in [0, 0.05) is 19.3 Å². The highest BCUT2D eigenvalue weighted by molar-refractivity contribution is 5.52. The van der Waals surface area contributed by atoms with Gasteiger partial charge in [0.2, 0.25) is 0 Å². The number of aromatic nitrogens is 1. The zero-order chi connectivity index (χ0) is 12.8. The SMILES string of the molecule is C#CCN(CC1CC1)c1cnccc1CNCC. The van der Waals surface area contributed by atoms with Crippen molar-refractivity contribution in [3.05, 3.63) is 24.0 Å². The smallest absolute Gasteiger partial charge is 0.0792 e. The van der Waals surface area contributed by atoms with Crippen LogP contribution >= 0.6 is 0 Å². The summed E-state index contributed by atoms with van der Waals surface area (Å²) in [7, 11) is 0. The maximum atomic E-state index is 5.49. The van der Waals surface area contributed by atoms with Crippen LogP contribution in [0.3, 0.4) is 0 Å². The first-order valence-corrected chi connectivity index (χ1v) is 6.67. The van der Waals surface area contributed by atoms with Crippen LogP contribution < -0.4 is 10.2 Å². The zero-order valence-electron chi connectivity index (χ0n) is 11.0. The molecule has 0 saturated heterocycles. The third-order valence-electron chi connectivity index (χ3n) is 3.25. The first-order chi connectivity index (χ1) is 8.85. The van der Waals surface area contributed by atoms with Crippen molar-refractivity contribution in [1.29, 1.82) is 0 Å². The van der Waals surface area contributed by atoms with Gasteiger partial charge in [-0.1, -0.05) is 12.8 Å². The number of pyridine rings is 1. The molecule has 1 aliphatic rings. The van der Waals surface area contributed by atoms with Gasteiger partial charge in [-0.15, -0.1) is 6.42 Å². The second kappa shape index (κ2) is 6.42. The summed E-state index contributed by atoms with van der Waals surface area (Å²) in [5.41, 5.74) is 2.46. The average molecular weight is 243 g/mol. The third kappa shape index (κ3) is 3.48. The molecular weight excluding hydrogens is 222 g/mol. The van der Waals surface area contributed by atoms with Crippen LogP contribution in [0.5, 0.6) is 0 Å². The van der Waals surface area contributed by atoms with Gasteiger partial charge < -0.3 is 10.2 Å². The van der Waals surface area contributed by atoms with E-state index in [4.69, 9.17) is 6.42 Å². The van der Waals surface area contributed by atoms with Crippen molar-refractivity contribution in [2.45, 2.75) is 26.3 Å². The Labute approximate surface area is 110 Å². The highest BCUT2D eigenvalue weighted by Crippen LogP contribution is 2.32. The van der Waals surface area contributed by atoms with Crippen molar-refractivity contribution in [2.24, 2.45) is 5.92 Å². The molecule has 18 heavy (non-hydrogen) atoms. The van der Waals surface area contributed by atoms with Crippen LogP contribution in [0.2, 0.25) is 0 Å². The summed E-state index contributed by atoms with van der Waals surface area (Å²) in [6.45, 7) is 5.69. The van der Waals surface area contributed by atoms with Crippen LogP contribution in [-0.4, -0.2) is 24.6 Å². The summed E-state index contributed by atoms with van der Waals surface area (Å²) in [5.74, 6) is 3.59. The van der Waals surface area contributed by atoms with Gasteiger partial charge >= 0.3 is 0 Å². The Morgan fingerprint density at radius 3 is 3.06 bits per heavy atom. The number of nitrogens with one attached hydrogen (secondary N) is 1. The van der Waals surface area contributed by atoms with E-state index >= 15 is 0 Å². The Balaban J connectivity index is 2.13. The normalized spacial score (nSPS) is 14.2. The van der Waals surface area contributed by atoms with Gasteiger partial charge in [-0.25, -0.2) is 0 Å². The van der Waals surface area contributed by atoms with Gasteiger partial charge in [0.1, 0.15) is 0 Å². The van der Waals surface area contributed by atoms with Crippen LogP contribution in [0.25, 0.3) is 0 Å². The maximum Gasteiger partial charge on any atom is 0.0792 e. The van der Waals surface area contributed by atoms with E-state index < -0.39 is 0 Å². The molecule has 1 N–H and O–H groups in total. The molecule has 0 amide bonds. The predicted octanol–water partition coefficient (Wildman–Crippen LogP) is 2.04. The molecule has 0 radical (unpaired) electrons. The van der Waals surface area contributed by atoms with Gasteiger partial charge in [-0.3, -0.25) is 4.98 Å². The second-order valence-corrected chi connectivity index (χ2v) is 4.81. The van der Waals surface area contributed by atoms with Crippen LogP contribution in [0.4, 0.5) is 5.69 Å². The number of hydrogen-bond acceptors (Lipinski definition) is 3. The molecule has 1 aliphatic carbocycles. The molecule has 0 unspecified atom stereocenters. The van der Waals surface area contributed by atoms with Crippen LogP contribution in [-0.2, 0) is 6.54 Å². The Kier molecular flexibility index (Phi) is 4.60.